The molecule has 3 atom stereocenters. The summed E-state index contributed by atoms with van der Waals surface area (Å²) in [5.41, 5.74) is 2.76. The van der Waals surface area contributed by atoms with Gasteiger partial charge < -0.3 is 10.1 Å². The minimum Gasteiger partial charge on any atom is -0.494 e. The van der Waals surface area contributed by atoms with Gasteiger partial charge in [-0.1, -0.05) is 41.4 Å². The fourth-order valence-electron chi connectivity index (χ4n) is 3.95. The first kappa shape index (κ1) is 17.2. The summed E-state index contributed by atoms with van der Waals surface area (Å²) >= 11 is 12.3. The number of hydrogen-bond acceptors (Lipinski definition) is 4. The molecule has 4 rings (SSSR count). The zero-order valence-electron chi connectivity index (χ0n) is 13.9. The molecule has 5 nitrogen and oxygen atoms in total. The average molecular weight is 391 g/mol. The van der Waals surface area contributed by atoms with Crippen LogP contribution in [-0.2, 0) is 0 Å². The van der Waals surface area contributed by atoms with Crippen LogP contribution in [0.3, 0.4) is 0 Å². The molecule has 0 amide bonds. The van der Waals surface area contributed by atoms with Gasteiger partial charge in [0.2, 0.25) is 0 Å². The highest BCUT2D eigenvalue weighted by molar-refractivity contribution is 6.42. The fourth-order valence-corrected chi connectivity index (χ4v) is 4.26. The summed E-state index contributed by atoms with van der Waals surface area (Å²) in [6.07, 6.45) is 5.13. The number of methoxy groups -OCH3 is 1. The number of nitro groups is 1. The van der Waals surface area contributed by atoms with Crippen LogP contribution in [0.15, 0.2) is 42.5 Å². The van der Waals surface area contributed by atoms with Crippen LogP contribution < -0.4 is 10.1 Å². The predicted octanol–water partition coefficient (Wildman–Crippen LogP) is 5.74. The van der Waals surface area contributed by atoms with Gasteiger partial charge in [-0.05, 0) is 35.6 Å². The number of halogens is 2. The van der Waals surface area contributed by atoms with Crippen molar-refractivity contribution in [3.8, 4) is 5.75 Å². The standard InChI is InChI=1S/C19H16Cl2N2O3/c1-26-17-9-11(23(24)25)8-14-12-3-2-4-13(12)18(22-19(14)17)10-5-6-15(20)16(21)7-10/h2-3,5-9,12-13,18,22H,4H2,1H3/t12?,13?,18-/m1/s1. The molecule has 0 aromatic heterocycles. The lowest BCUT2D eigenvalue weighted by Gasteiger charge is -2.38. The van der Waals surface area contributed by atoms with Crippen LogP contribution in [-0.4, -0.2) is 12.0 Å². The van der Waals surface area contributed by atoms with Gasteiger partial charge in [-0.15, -0.1) is 0 Å². The zero-order valence-corrected chi connectivity index (χ0v) is 15.4. The third-order valence-corrected chi connectivity index (χ3v) is 5.89. The van der Waals surface area contributed by atoms with Crippen LogP contribution in [0.4, 0.5) is 11.4 Å². The summed E-state index contributed by atoms with van der Waals surface area (Å²) in [4.78, 5) is 10.9. The zero-order chi connectivity index (χ0) is 18.4. The molecule has 0 radical (unpaired) electrons. The van der Waals surface area contributed by atoms with Crippen LogP contribution in [0.5, 0.6) is 5.75 Å². The second kappa shape index (κ2) is 6.49. The van der Waals surface area contributed by atoms with Gasteiger partial charge in [0.25, 0.3) is 5.69 Å². The molecular formula is C19H16Cl2N2O3. The van der Waals surface area contributed by atoms with Gasteiger partial charge in [-0.2, -0.15) is 0 Å². The summed E-state index contributed by atoms with van der Waals surface area (Å²) < 4.78 is 5.44. The van der Waals surface area contributed by atoms with Crippen molar-refractivity contribution >= 4 is 34.6 Å². The van der Waals surface area contributed by atoms with Crippen LogP contribution in [0.2, 0.25) is 10.0 Å². The molecule has 2 aromatic rings. The van der Waals surface area contributed by atoms with Crippen molar-refractivity contribution in [3.63, 3.8) is 0 Å². The van der Waals surface area contributed by atoms with E-state index in [1.807, 2.05) is 12.1 Å². The maximum Gasteiger partial charge on any atom is 0.273 e. The normalized spacial score (nSPS) is 23.1. The van der Waals surface area contributed by atoms with Gasteiger partial charge in [-0.25, -0.2) is 0 Å². The van der Waals surface area contributed by atoms with Crippen molar-refractivity contribution in [2.24, 2.45) is 5.92 Å². The molecule has 0 bridgehead atoms. The van der Waals surface area contributed by atoms with E-state index in [2.05, 4.69) is 17.5 Å². The van der Waals surface area contributed by atoms with Crippen molar-refractivity contribution < 1.29 is 9.66 Å². The second-order valence-electron chi connectivity index (χ2n) is 6.52. The molecule has 1 heterocycles. The Kier molecular flexibility index (Phi) is 4.29. The molecule has 2 aliphatic rings. The van der Waals surface area contributed by atoms with E-state index in [1.165, 1.54) is 13.2 Å². The van der Waals surface area contributed by atoms with Gasteiger partial charge in [0, 0.05) is 12.0 Å². The quantitative estimate of drug-likeness (QED) is 0.412. The third-order valence-electron chi connectivity index (χ3n) is 5.15. The number of allylic oxidation sites excluding steroid dienone is 2. The lowest BCUT2D eigenvalue weighted by atomic mass is 9.76. The molecule has 2 aromatic carbocycles. The van der Waals surface area contributed by atoms with Crippen LogP contribution in [0, 0.1) is 16.0 Å². The number of nitrogens with zero attached hydrogens (tertiary/aromatic N) is 1. The summed E-state index contributed by atoms with van der Waals surface area (Å²) in [5.74, 6) is 0.795. The Hall–Kier alpha value is -2.24. The number of fused-ring (bicyclic) bond motifs is 3. The minimum atomic E-state index is -0.387. The van der Waals surface area contributed by atoms with Gasteiger partial charge in [-0.3, -0.25) is 10.1 Å². The topological polar surface area (TPSA) is 64.4 Å². The number of ether oxygens (including phenoxy) is 1. The number of nitrogens with one attached hydrogen (secondary N) is 1. The number of non-ortho nitro benzene ring substituents is 1. The van der Waals surface area contributed by atoms with Crippen molar-refractivity contribution in [1.82, 2.24) is 0 Å². The van der Waals surface area contributed by atoms with E-state index in [0.717, 1.165) is 23.2 Å². The van der Waals surface area contributed by atoms with E-state index in [-0.39, 0.29) is 28.5 Å². The first-order valence-corrected chi connectivity index (χ1v) is 8.99. The monoisotopic (exact) mass is 390 g/mol. The summed E-state index contributed by atoms with van der Waals surface area (Å²) in [7, 11) is 1.52. The van der Waals surface area contributed by atoms with Crippen molar-refractivity contribution in [1.29, 1.82) is 0 Å². The number of hydrogen-bond donors (Lipinski definition) is 1. The Bertz CT molecular complexity index is 929. The Morgan fingerprint density at radius 3 is 2.73 bits per heavy atom. The fraction of sp³-hybridized carbons (Fsp3) is 0.263. The number of rotatable bonds is 3. The first-order valence-electron chi connectivity index (χ1n) is 8.24. The second-order valence-corrected chi connectivity index (χ2v) is 7.33. The highest BCUT2D eigenvalue weighted by atomic mass is 35.5. The highest BCUT2D eigenvalue weighted by Crippen LogP contribution is 2.53. The predicted molar refractivity (Wildman–Crippen MR) is 102 cm³/mol. The maximum absolute atomic E-state index is 11.3. The molecular weight excluding hydrogens is 375 g/mol. The van der Waals surface area contributed by atoms with Crippen LogP contribution in [0.25, 0.3) is 0 Å². The number of anilines is 1. The smallest absolute Gasteiger partial charge is 0.273 e. The van der Waals surface area contributed by atoms with Crippen molar-refractivity contribution in [2.75, 3.05) is 12.4 Å². The molecule has 7 heteroatoms. The lowest BCUT2D eigenvalue weighted by molar-refractivity contribution is -0.385. The molecule has 0 fully saturated rings. The Morgan fingerprint density at radius 1 is 1.23 bits per heavy atom. The van der Waals surface area contributed by atoms with E-state index in [9.17, 15) is 10.1 Å². The van der Waals surface area contributed by atoms with Gasteiger partial charge >= 0.3 is 0 Å². The van der Waals surface area contributed by atoms with E-state index < -0.39 is 0 Å². The highest BCUT2D eigenvalue weighted by Gasteiger charge is 2.40. The molecule has 0 saturated heterocycles. The molecule has 134 valence electrons. The van der Waals surface area contributed by atoms with E-state index in [1.54, 1.807) is 12.1 Å². The van der Waals surface area contributed by atoms with Gasteiger partial charge in [0.15, 0.2) is 0 Å². The largest absolute Gasteiger partial charge is 0.494 e. The first-order chi connectivity index (χ1) is 12.5. The van der Waals surface area contributed by atoms with Gasteiger partial charge in [0.1, 0.15) is 5.75 Å². The van der Waals surface area contributed by atoms with Gasteiger partial charge in [0.05, 0.1) is 39.9 Å². The summed E-state index contributed by atoms with van der Waals surface area (Å²) in [5, 5.41) is 15.8. The summed E-state index contributed by atoms with van der Waals surface area (Å²) in [6.45, 7) is 0. The van der Waals surface area contributed by atoms with Crippen molar-refractivity contribution in [3.05, 3.63) is 73.8 Å². The number of benzene rings is 2. The van der Waals surface area contributed by atoms with E-state index in [0.29, 0.717) is 15.8 Å². The minimum absolute atomic E-state index is 0.00706. The number of nitro benzene ring substituents is 1. The molecule has 26 heavy (non-hydrogen) atoms. The maximum atomic E-state index is 11.3. The Balaban J connectivity index is 1.84. The molecule has 2 unspecified atom stereocenters. The summed E-state index contributed by atoms with van der Waals surface area (Å²) in [6, 6.07) is 8.73. The van der Waals surface area contributed by atoms with E-state index >= 15 is 0 Å². The Morgan fingerprint density at radius 2 is 2.04 bits per heavy atom. The molecule has 1 aliphatic heterocycles. The van der Waals surface area contributed by atoms with Crippen molar-refractivity contribution in [2.45, 2.75) is 18.4 Å². The molecule has 1 N–H and O–H groups in total. The lowest BCUT2D eigenvalue weighted by Crippen LogP contribution is -2.29. The molecule has 1 aliphatic carbocycles. The Labute approximate surface area is 160 Å². The average Bonchev–Trinajstić information content (AvgIpc) is 3.12. The van der Waals surface area contributed by atoms with E-state index in [4.69, 9.17) is 27.9 Å². The van der Waals surface area contributed by atoms with Crippen LogP contribution in [0.1, 0.15) is 29.5 Å². The van der Waals surface area contributed by atoms with Crippen LogP contribution >= 0.6 is 23.2 Å². The third kappa shape index (κ3) is 2.72. The molecule has 0 saturated carbocycles. The molecule has 0 spiro atoms. The SMILES string of the molecule is COc1cc([N+](=O)[O-])cc2c1N[C@H](c1ccc(Cl)c(Cl)c1)C1CC=CC21.